The van der Waals surface area contributed by atoms with Gasteiger partial charge in [0.25, 0.3) is 15.9 Å². The van der Waals surface area contributed by atoms with E-state index in [2.05, 4.69) is 27.8 Å². The van der Waals surface area contributed by atoms with Crippen molar-refractivity contribution >= 4 is 50.9 Å². The molecule has 296 valence electrons. The molecule has 13 nitrogen and oxygen atoms in total. The minimum atomic E-state index is -3.77. The Kier molecular flexibility index (Phi) is 14.7. The molecule has 53 heavy (non-hydrogen) atoms. The van der Waals surface area contributed by atoms with Crippen molar-refractivity contribution in [2.24, 2.45) is 29.1 Å². The molecule has 0 aromatic carbocycles. The summed E-state index contributed by atoms with van der Waals surface area (Å²) >= 11 is 1.13. The highest BCUT2D eigenvalue weighted by molar-refractivity contribution is 7.91. The maximum Gasteiger partial charge on any atom is 0.315 e. The summed E-state index contributed by atoms with van der Waals surface area (Å²) in [6, 6.07) is -0.790. The number of Topliss-reactive ketones (excluding diaryl/α,β-unsaturated/α-hetero) is 1. The molecule has 3 fully saturated rings. The van der Waals surface area contributed by atoms with Crippen LogP contribution in [0.15, 0.2) is 34.4 Å². The third kappa shape index (κ3) is 11.1. The molecule has 1 saturated heterocycles. The molecule has 1 unspecified atom stereocenters. The van der Waals surface area contributed by atoms with E-state index >= 15 is 0 Å². The molecule has 1 aliphatic heterocycles. The van der Waals surface area contributed by atoms with Crippen LogP contribution in [0.4, 0.5) is 4.79 Å². The van der Waals surface area contributed by atoms with Gasteiger partial charge in [-0.2, -0.15) is 4.31 Å². The molecule has 2 saturated carbocycles. The van der Waals surface area contributed by atoms with Gasteiger partial charge >= 0.3 is 6.03 Å². The first-order valence-corrected chi connectivity index (χ1v) is 21.4. The quantitative estimate of drug-likeness (QED) is 0.136. The summed E-state index contributed by atoms with van der Waals surface area (Å²) in [6.07, 6.45) is 8.55. The molecular weight excluding hydrogens is 717 g/mol. The number of nitrogens with zero attached hydrogens (tertiary/aromatic N) is 2. The lowest BCUT2D eigenvalue weighted by Crippen LogP contribution is -2.61. The highest BCUT2D eigenvalue weighted by Crippen LogP contribution is 2.36. The number of hydrogen-bond donors (Lipinski definition) is 4. The molecule has 1 aromatic heterocycles. The zero-order valence-corrected chi connectivity index (χ0v) is 33.8. The van der Waals surface area contributed by atoms with Crippen LogP contribution in [0.1, 0.15) is 92.4 Å². The van der Waals surface area contributed by atoms with Gasteiger partial charge < -0.3 is 26.2 Å². The lowest BCUT2D eigenvalue weighted by Gasteiger charge is -2.38. The van der Waals surface area contributed by atoms with E-state index in [1.165, 1.54) is 17.4 Å². The summed E-state index contributed by atoms with van der Waals surface area (Å²) in [4.78, 5) is 70.2. The maximum atomic E-state index is 14.7. The van der Waals surface area contributed by atoms with Gasteiger partial charge in [0.2, 0.25) is 17.6 Å². The molecular formula is C38H60N6O7S2. The zero-order chi connectivity index (χ0) is 39.1. The summed E-state index contributed by atoms with van der Waals surface area (Å²) in [7, 11) is -2.28. The lowest BCUT2D eigenvalue weighted by atomic mass is 9.82. The number of likely N-dealkylation sites (N-methyl/N-ethyl adjacent to an activating group) is 1. The molecule has 3 aliphatic rings. The van der Waals surface area contributed by atoms with E-state index < -0.39 is 63.2 Å². The topological polar surface area (TPSA) is 174 Å². The fraction of sp³-hybridized carbons (Fsp3) is 0.711. The van der Waals surface area contributed by atoms with Crippen LogP contribution in [-0.4, -0.2) is 98.0 Å². The molecule has 4 rings (SSSR count). The predicted octanol–water partition coefficient (Wildman–Crippen LogP) is 4.06. The Balaban J connectivity index is 1.56. The van der Waals surface area contributed by atoms with Gasteiger partial charge in [-0.05, 0) is 66.2 Å². The van der Waals surface area contributed by atoms with E-state index in [1.54, 1.807) is 22.4 Å². The Bertz CT molecular complexity index is 1560. The fourth-order valence-corrected chi connectivity index (χ4v) is 9.89. The Morgan fingerprint density at radius 1 is 1.02 bits per heavy atom. The monoisotopic (exact) mass is 776 g/mol. The normalized spacial score (nSPS) is 21.5. The van der Waals surface area contributed by atoms with Crippen molar-refractivity contribution in [3.05, 3.63) is 30.2 Å². The highest BCUT2D eigenvalue weighted by atomic mass is 32.2. The van der Waals surface area contributed by atoms with Gasteiger partial charge in [0.1, 0.15) is 16.3 Å². The van der Waals surface area contributed by atoms with E-state index in [4.69, 9.17) is 0 Å². The van der Waals surface area contributed by atoms with Crippen molar-refractivity contribution in [1.29, 1.82) is 0 Å². The second kappa shape index (κ2) is 18.4. The zero-order valence-electron chi connectivity index (χ0n) is 32.2. The number of hydrogen-bond acceptors (Lipinski definition) is 8. The Morgan fingerprint density at radius 2 is 1.70 bits per heavy atom. The van der Waals surface area contributed by atoms with Crippen LogP contribution in [0.5, 0.6) is 0 Å². The number of ketones is 1. The van der Waals surface area contributed by atoms with Crippen molar-refractivity contribution in [2.45, 2.75) is 121 Å². The Morgan fingerprint density at radius 3 is 2.26 bits per heavy atom. The summed E-state index contributed by atoms with van der Waals surface area (Å²) < 4.78 is 27.9. The fourth-order valence-electron chi connectivity index (χ4n) is 7.51. The predicted molar refractivity (Wildman–Crippen MR) is 205 cm³/mol. The van der Waals surface area contributed by atoms with Crippen LogP contribution in [0.25, 0.3) is 0 Å². The second-order valence-electron chi connectivity index (χ2n) is 16.4. The summed E-state index contributed by atoms with van der Waals surface area (Å²) in [5, 5.41) is 13.1. The SMILES string of the molecule is C=CCNC(=O)C(=O)C(CC1CC1)NC(=O)[C@@H]1[C@@H](C(C)C)CCN1C(=O)[C@@H](NC(=O)N[C@H](CN(C)S(=O)(=O)c1cccs1)C(C)(C)C)C1CCCCC1. The molecule has 0 bridgehead atoms. The average molecular weight is 777 g/mol. The van der Waals surface area contributed by atoms with Crippen LogP contribution in [0.2, 0.25) is 0 Å². The van der Waals surface area contributed by atoms with Crippen molar-refractivity contribution < 1.29 is 32.4 Å². The Hall–Kier alpha value is -3.30. The van der Waals surface area contributed by atoms with Crippen LogP contribution in [0.3, 0.4) is 0 Å². The van der Waals surface area contributed by atoms with E-state index in [1.807, 2.05) is 34.6 Å². The Labute approximate surface area is 319 Å². The molecule has 5 amide bonds. The van der Waals surface area contributed by atoms with E-state index in [0.717, 1.165) is 56.3 Å². The number of sulfonamides is 1. The minimum Gasteiger partial charge on any atom is -0.346 e. The van der Waals surface area contributed by atoms with Gasteiger partial charge in [0.15, 0.2) is 0 Å². The number of rotatable bonds is 17. The van der Waals surface area contributed by atoms with Gasteiger partial charge in [-0.15, -0.1) is 17.9 Å². The molecule has 15 heteroatoms. The van der Waals surface area contributed by atoms with E-state index in [-0.39, 0.29) is 46.9 Å². The molecule has 1 aromatic rings. The molecule has 5 atom stereocenters. The third-order valence-corrected chi connectivity index (χ3v) is 14.2. The number of likely N-dealkylation sites (tertiary alicyclic amines) is 1. The van der Waals surface area contributed by atoms with Crippen LogP contribution >= 0.6 is 11.3 Å². The molecule has 4 N–H and O–H groups in total. The molecule has 0 spiro atoms. The standard InChI is InChI=1S/C38H60N6O7S2/c1-8-19-39-35(47)33(45)28(22-25-16-17-25)40-34(46)32-27(24(2)3)18-20-44(32)36(48)31(26-13-10-9-11-14-26)42-37(49)41-29(38(4,5)6)23-43(7)53(50,51)30-15-12-21-52-30/h8,12,15,21,24-29,31-32H,1,9-11,13-14,16-20,22-23H2,2-7H3,(H,39,47)(H,40,46)(H2,41,42,49)/t27-,28?,29-,31+,32+/m1/s1. The minimum absolute atomic E-state index is 0.00991. The lowest BCUT2D eigenvalue weighted by molar-refractivity contribution is -0.144. The number of carbonyl (C=O) groups is 5. The summed E-state index contributed by atoms with van der Waals surface area (Å²) in [6.45, 7) is 13.8. The first kappa shape index (κ1) is 42.4. The van der Waals surface area contributed by atoms with Crippen molar-refractivity contribution in [3.8, 4) is 0 Å². The van der Waals surface area contributed by atoms with Gasteiger partial charge in [-0.25, -0.2) is 13.2 Å². The molecule has 0 radical (unpaired) electrons. The second-order valence-corrected chi connectivity index (χ2v) is 19.6. The highest BCUT2D eigenvalue weighted by Gasteiger charge is 2.47. The first-order chi connectivity index (χ1) is 24.9. The smallest absolute Gasteiger partial charge is 0.315 e. The molecule has 2 aliphatic carbocycles. The van der Waals surface area contributed by atoms with E-state index in [0.29, 0.717) is 19.4 Å². The van der Waals surface area contributed by atoms with Crippen molar-refractivity contribution in [3.63, 3.8) is 0 Å². The first-order valence-electron chi connectivity index (χ1n) is 19.1. The number of thiophene rings is 1. The number of urea groups is 1. The molecule has 2 heterocycles. The van der Waals surface area contributed by atoms with Gasteiger partial charge in [0, 0.05) is 32.7 Å². The van der Waals surface area contributed by atoms with Crippen LogP contribution in [0, 0.1) is 29.1 Å². The van der Waals surface area contributed by atoms with Gasteiger partial charge in [0.05, 0.1) is 6.04 Å². The summed E-state index contributed by atoms with van der Waals surface area (Å²) in [5.41, 5.74) is -0.541. The summed E-state index contributed by atoms with van der Waals surface area (Å²) in [5.74, 6) is -2.40. The maximum absolute atomic E-state index is 14.7. The van der Waals surface area contributed by atoms with E-state index in [9.17, 15) is 32.4 Å². The number of nitrogens with one attached hydrogen (secondary N) is 4. The third-order valence-electron chi connectivity index (χ3n) is 11.0. The van der Waals surface area contributed by atoms with Crippen molar-refractivity contribution in [1.82, 2.24) is 30.5 Å². The largest absolute Gasteiger partial charge is 0.346 e. The van der Waals surface area contributed by atoms with Crippen LogP contribution < -0.4 is 21.3 Å². The van der Waals surface area contributed by atoms with Gasteiger partial charge in [-0.1, -0.05) is 78.9 Å². The van der Waals surface area contributed by atoms with Gasteiger partial charge in [-0.3, -0.25) is 19.2 Å². The van der Waals surface area contributed by atoms with Crippen molar-refractivity contribution in [2.75, 3.05) is 26.7 Å². The van der Waals surface area contributed by atoms with Crippen LogP contribution in [-0.2, 0) is 29.2 Å². The number of amides is 5. The average Bonchev–Trinajstić information content (AvgIpc) is 3.53. The number of carbonyl (C=O) groups excluding carboxylic acids is 5.